The highest BCUT2D eigenvalue weighted by molar-refractivity contribution is 5.76. The summed E-state index contributed by atoms with van der Waals surface area (Å²) >= 11 is 0. The maximum Gasteiger partial charge on any atom is 0.223 e. The Morgan fingerprint density at radius 2 is 2.11 bits per heavy atom. The number of hydrogen-bond acceptors (Lipinski definition) is 3. The molecule has 19 heavy (non-hydrogen) atoms. The first kappa shape index (κ1) is 15.4. The van der Waals surface area contributed by atoms with Crippen molar-refractivity contribution in [1.82, 2.24) is 5.32 Å². The van der Waals surface area contributed by atoms with E-state index in [0.717, 1.165) is 0 Å². The van der Waals surface area contributed by atoms with Crippen LogP contribution in [-0.2, 0) is 4.79 Å². The quantitative estimate of drug-likeness (QED) is 0.792. The molecule has 2 N–H and O–H groups in total. The molecule has 1 amide bonds. The standard InChI is InChI=1S/C14H20FNO3/c1-10(2)12(17)9-16-14(18)7-8-19-13-6-4-3-5-11(13)15/h3-6,10,12,17H,7-9H2,1-2H3,(H,16,18). The number of aliphatic hydroxyl groups excluding tert-OH is 1. The van der Waals surface area contributed by atoms with Crippen LogP contribution in [0.5, 0.6) is 5.75 Å². The lowest BCUT2D eigenvalue weighted by molar-refractivity contribution is -0.122. The van der Waals surface area contributed by atoms with E-state index in [-0.39, 0.29) is 37.1 Å². The number of nitrogens with one attached hydrogen (secondary N) is 1. The minimum atomic E-state index is -0.559. The van der Waals surface area contributed by atoms with Crippen molar-refractivity contribution in [3.63, 3.8) is 0 Å². The van der Waals surface area contributed by atoms with Crippen LogP contribution in [-0.4, -0.2) is 30.3 Å². The second-order valence-corrected chi connectivity index (χ2v) is 4.64. The van der Waals surface area contributed by atoms with Crippen molar-refractivity contribution in [2.45, 2.75) is 26.4 Å². The highest BCUT2D eigenvalue weighted by atomic mass is 19.1. The van der Waals surface area contributed by atoms with Gasteiger partial charge in [-0.25, -0.2) is 4.39 Å². The topological polar surface area (TPSA) is 58.6 Å². The van der Waals surface area contributed by atoms with Crippen LogP contribution in [0.1, 0.15) is 20.3 Å². The molecule has 0 spiro atoms. The number of aliphatic hydroxyl groups is 1. The summed E-state index contributed by atoms with van der Waals surface area (Å²) < 4.78 is 18.4. The number of hydrogen-bond donors (Lipinski definition) is 2. The van der Waals surface area contributed by atoms with Gasteiger partial charge in [-0.15, -0.1) is 0 Å². The van der Waals surface area contributed by atoms with Gasteiger partial charge in [0.25, 0.3) is 0 Å². The van der Waals surface area contributed by atoms with Crippen molar-refractivity contribution in [2.75, 3.05) is 13.2 Å². The molecule has 1 aromatic carbocycles. The van der Waals surface area contributed by atoms with Gasteiger partial charge in [0.2, 0.25) is 5.91 Å². The monoisotopic (exact) mass is 269 g/mol. The van der Waals surface area contributed by atoms with Crippen LogP contribution in [0.15, 0.2) is 24.3 Å². The minimum Gasteiger partial charge on any atom is -0.490 e. The zero-order valence-electron chi connectivity index (χ0n) is 11.2. The Balaban J connectivity index is 2.23. The number of amides is 1. The van der Waals surface area contributed by atoms with Gasteiger partial charge in [-0.1, -0.05) is 26.0 Å². The van der Waals surface area contributed by atoms with E-state index < -0.39 is 11.9 Å². The van der Waals surface area contributed by atoms with Crippen molar-refractivity contribution >= 4 is 5.91 Å². The molecule has 0 radical (unpaired) electrons. The number of benzene rings is 1. The number of para-hydroxylation sites is 1. The summed E-state index contributed by atoms with van der Waals surface area (Å²) in [5.41, 5.74) is 0. The number of halogens is 1. The maximum absolute atomic E-state index is 13.2. The van der Waals surface area contributed by atoms with Crippen molar-refractivity contribution in [1.29, 1.82) is 0 Å². The number of carbonyl (C=O) groups is 1. The zero-order chi connectivity index (χ0) is 14.3. The molecule has 1 unspecified atom stereocenters. The molecule has 5 heteroatoms. The summed E-state index contributed by atoms with van der Waals surface area (Å²) in [6.07, 6.45) is -0.435. The molecule has 0 fully saturated rings. The highest BCUT2D eigenvalue weighted by Crippen LogP contribution is 2.15. The van der Waals surface area contributed by atoms with E-state index in [0.29, 0.717) is 0 Å². The molecule has 1 rings (SSSR count). The van der Waals surface area contributed by atoms with Crippen LogP contribution >= 0.6 is 0 Å². The Hall–Kier alpha value is -1.62. The van der Waals surface area contributed by atoms with Gasteiger partial charge < -0.3 is 15.2 Å². The van der Waals surface area contributed by atoms with Gasteiger partial charge in [-0.3, -0.25) is 4.79 Å². The fourth-order valence-electron chi connectivity index (χ4n) is 1.36. The third-order valence-corrected chi connectivity index (χ3v) is 2.70. The Labute approximate surface area is 112 Å². The molecule has 0 saturated heterocycles. The number of ether oxygens (including phenoxy) is 1. The molecule has 1 atom stereocenters. The lowest BCUT2D eigenvalue weighted by Gasteiger charge is -2.15. The van der Waals surface area contributed by atoms with Crippen LogP contribution in [0.25, 0.3) is 0 Å². The highest BCUT2D eigenvalue weighted by Gasteiger charge is 2.11. The molecular weight excluding hydrogens is 249 g/mol. The van der Waals surface area contributed by atoms with Crippen LogP contribution in [0.2, 0.25) is 0 Å². The van der Waals surface area contributed by atoms with E-state index in [2.05, 4.69) is 5.32 Å². The van der Waals surface area contributed by atoms with E-state index in [1.807, 2.05) is 13.8 Å². The van der Waals surface area contributed by atoms with E-state index in [9.17, 15) is 14.3 Å². The summed E-state index contributed by atoms with van der Waals surface area (Å²) in [5.74, 6) is -0.443. The lowest BCUT2D eigenvalue weighted by atomic mass is 10.1. The Bertz CT molecular complexity index is 409. The smallest absolute Gasteiger partial charge is 0.223 e. The summed E-state index contributed by atoms with van der Waals surface area (Å²) in [5, 5.41) is 12.1. The second-order valence-electron chi connectivity index (χ2n) is 4.64. The first-order valence-electron chi connectivity index (χ1n) is 6.32. The molecule has 0 aliphatic heterocycles. The predicted molar refractivity (Wildman–Crippen MR) is 70.4 cm³/mol. The van der Waals surface area contributed by atoms with Gasteiger partial charge in [0.1, 0.15) is 0 Å². The summed E-state index contributed by atoms with van der Waals surface area (Å²) in [6.45, 7) is 4.07. The first-order valence-corrected chi connectivity index (χ1v) is 6.32. The largest absolute Gasteiger partial charge is 0.490 e. The normalized spacial score (nSPS) is 12.3. The SMILES string of the molecule is CC(C)C(O)CNC(=O)CCOc1ccccc1F. The molecule has 0 aromatic heterocycles. The summed E-state index contributed by atoms with van der Waals surface area (Å²) in [4.78, 5) is 11.4. The van der Waals surface area contributed by atoms with Crippen LogP contribution in [0.3, 0.4) is 0 Å². The molecule has 0 bridgehead atoms. The van der Waals surface area contributed by atoms with Crippen molar-refractivity contribution in [3.8, 4) is 5.75 Å². The van der Waals surface area contributed by atoms with Gasteiger partial charge in [0.05, 0.1) is 19.1 Å². The van der Waals surface area contributed by atoms with Gasteiger partial charge in [-0.05, 0) is 18.1 Å². The predicted octanol–water partition coefficient (Wildman–Crippen LogP) is 1.73. The molecular formula is C14H20FNO3. The molecule has 0 saturated carbocycles. The van der Waals surface area contributed by atoms with E-state index in [4.69, 9.17) is 4.74 Å². The molecule has 106 valence electrons. The summed E-state index contributed by atoms with van der Waals surface area (Å²) in [6, 6.07) is 6.05. The second kappa shape index (κ2) is 7.74. The lowest BCUT2D eigenvalue weighted by Crippen LogP contribution is -2.35. The molecule has 0 aliphatic rings. The first-order chi connectivity index (χ1) is 9.00. The molecule has 1 aromatic rings. The van der Waals surface area contributed by atoms with E-state index >= 15 is 0 Å². The van der Waals surface area contributed by atoms with Crippen LogP contribution < -0.4 is 10.1 Å². The minimum absolute atomic E-state index is 0.0926. The Morgan fingerprint density at radius 1 is 1.42 bits per heavy atom. The molecule has 0 heterocycles. The molecule has 4 nitrogen and oxygen atoms in total. The van der Waals surface area contributed by atoms with Crippen molar-refractivity contribution in [2.24, 2.45) is 5.92 Å². The summed E-state index contributed by atoms with van der Waals surface area (Å²) in [7, 11) is 0. The number of carbonyl (C=O) groups excluding carboxylic acids is 1. The van der Waals surface area contributed by atoms with Crippen molar-refractivity contribution in [3.05, 3.63) is 30.1 Å². The third-order valence-electron chi connectivity index (χ3n) is 2.70. The van der Waals surface area contributed by atoms with Gasteiger partial charge in [-0.2, -0.15) is 0 Å². The average Bonchev–Trinajstić information content (AvgIpc) is 2.38. The van der Waals surface area contributed by atoms with Gasteiger partial charge in [0, 0.05) is 6.54 Å². The zero-order valence-corrected chi connectivity index (χ0v) is 11.2. The molecule has 0 aliphatic carbocycles. The van der Waals surface area contributed by atoms with E-state index in [1.54, 1.807) is 12.1 Å². The van der Waals surface area contributed by atoms with Gasteiger partial charge in [0.15, 0.2) is 11.6 Å². The Morgan fingerprint density at radius 3 is 2.74 bits per heavy atom. The Kier molecular flexibility index (Phi) is 6.29. The van der Waals surface area contributed by atoms with Gasteiger partial charge >= 0.3 is 0 Å². The van der Waals surface area contributed by atoms with Crippen molar-refractivity contribution < 1.29 is 19.0 Å². The van der Waals surface area contributed by atoms with Crippen LogP contribution in [0.4, 0.5) is 4.39 Å². The fraction of sp³-hybridized carbons (Fsp3) is 0.500. The third kappa shape index (κ3) is 5.70. The number of rotatable bonds is 7. The fourth-order valence-corrected chi connectivity index (χ4v) is 1.36. The average molecular weight is 269 g/mol. The van der Waals surface area contributed by atoms with Crippen LogP contribution in [0, 0.1) is 11.7 Å². The maximum atomic E-state index is 13.2. The van der Waals surface area contributed by atoms with E-state index in [1.165, 1.54) is 12.1 Å².